The maximum atomic E-state index is 6.26. The summed E-state index contributed by atoms with van der Waals surface area (Å²) in [6.07, 6.45) is 2.28. The molecular formula is C19H24ClNO3. The third kappa shape index (κ3) is 3.60. The summed E-state index contributed by atoms with van der Waals surface area (Å²) in [5, 5.41) is 3.20. The first-order valence-electron chi connectivity index (χ1n) is 7.92. The lowest BCUT2D eigenvalue weighted by Crippen LogP contribution is -2.32. The van der Waals surface area contributed by atoms with Gasteiger partial charge in [-0.25, -0.2) is 0 Å². The Morgan fingerprint density at radius 2 is 1.96 bits per heavy atom. The third-order valence-corrected chi connectivity index (χ3v) is 4.25. The quantitative estimate of drug-likeness (QED) is 0.893. The Balaban J connectivity index is 0.00000208. The average Bonchev–Trinajstić information content (AvgIpc) is 2.61. The molecular weight excluding hydrogens is 326 g/mol. The molecule has 0 aromatic heterocycles. The highest BCUT2D eigenvalue weighted by molar-refractivity contribution is 5.85. The van der Waals surface area contributed by atoms with Crippen LogP contribution in [-0.4, -0.2) is 33.9 Å². The minimum Gasteiger partial charge on any atom is -0.497 e. The number of halogens is 1. The van der Waals surface area contributed by atoms with E-state index in [4.69, 9.17) is 14.2 Å². The fourth-order valence-corrected chi connectivity index (χ4v) is 3.07. The van der Waals surface area contributed by atoms with Crippen molar-refractivity contribution in [1.82, 2.24) is 5.32 Å². The Morgan fingerprint density at radius 3 is 2.67 bits per heavy atom. The van der Waals surface area contributed by atoms with E-state index in [2.05, 4.69) is 23.5 Å². The van der Waals surface area contributed by atoms with Gasteiger partial charge in [0.05, 0.1) is 14.2 Å². The first-order chi connectivity index (χ1) is 11.3. The van der Waals surface area contributed by atoms with Gasteiger partial charge in [0.25, 0.3) is 0 Å². The average molecular weight is 350 g/mol. The first-order valence-corrected chi connectivity index (χ1v) is 7.92. The molecule has 4 nitrogen and oxygen atoms in total. The number of likely N-dealkylation sites (N-methyl/N-ethyl adjacent to an activating group) is 1. The highest BCUT2D eigenvalue weighted by atomic mass is 35.5. The molecule has 0 saturated heterocycles. The number of methoxy groups -OCH3 is 2. The summed E-state index contributed by atoms with van der Waals surface area (Å²) >= 11 is 0. The summed E-state index contributed by atoms with van der Waals surface area (Å²) in [5.41, 5.74) is 3.35. The third-order valence-electron chi connectivity index (χ3n) is 4.25. The molecule has 2 aromatic carbocycles. The molecule has 0 bridgehead atoms. The van der Waals surface area contributed by atoms with Crippen molar-refractivity contribution in [2.24, 2.45) is 0 Å². The maximum Gasteiger partial charge on any atom is 0.130 e. The summed E-state index contributed by atoms with van der Waals surface area (Å²) < 4.78 is 17.1. The summed E-state index contributed by atoms with van der Waals surface area (Å²) in [6.45, 7) is 0.855. The summed E-state index contributed by atoms with van der Waals surface area (Å²) in [7, 11) is 5.29. The van der Waals surface area contributed by atoms with Crippen LogP contribution in [-0.2, 0) is 6.42 Å². The van der Waals surface area contributed by atoms with Crippen LogP contribution in [0.3, 0.4) is 0 Å². The van der Waals surface area contributed by atoms with Gasteiger partial charge < -0.3 is 19.5 Å². The molecule has 0 amide bonds. The van der Waals surface area contributed by atoms with Gasteiger partial charge >= 0.3 is 0 Å². The van der Waals surface area contributed by atoms with Crippen molar-refractivity contribution < 1.29 is 14.2 Å². The predicted octanol–water partition coefficient (Wildman–Crippen LogP) is 3.71. The summed E-state index contributed by atoms with van der Waals surface area (Å²) in [5.74, 6) is 2.55. The van der Waals surface area contributed by atoms with Gasteiger partial charge in [0, 0.05) is 23.7 Å². The van der Waals surface area contributed by atoms with Crippen LogP contribution in [0.25, 0.3) is 11.1 Å². The largest absolute Gasteiger partial charge is 0.497 e. The van der Waals surface area contributed by atoms with Crippen molar-refractivity contribution in [2.75, 3.05) is 27.8 Å². The Kier molecular flexibility index (Phi) is 6.35. The molecule has 1 aliphatic heterocycles. The highest BCUT2D eigenvalue weighted by Gasteiger charge is 2.23. The number of ether oxygens (including phenoxy) is 3. The van der Waals surface area contributed by atoms with Crippen LogP contribution < -0.4 is 19.5 Å². The van der Waals surface area contributed by atoms with E-state index in [1.165, 1.54) is 5.56 Å². The molecule has 3 rings (SSSR count). The van der Waals surface area contributed by atoms with Crippen molar-refractivity contribution in [3.05, 3.63) is 42.0 Å². The Hall–Kier alpha value is -1.91. The van der Waals surface area contributed by atoms with Gasteiger partial charge in [0.2, 0.25) is 0 Å². The molecule has 130 valence electrons. The lowest BCUT2D eigenvalue weighted by Gasteiger charge is -2.28. The van der Waals surface area contributed by atoms with Gasteiger partial charge in [-0.2, -0.15) is 0 Å². The fourth-order valence-electron chi connectivity index (χ4n) is 3.07. The molecule has 1 atom stereocenters. The van der Waals surface area contributed by atoms with Gasteiger partial charge in [-0.3, -0.25) is 0 Å². The van der Waals surface area contributed by atoms with Crippen LogP contribution in [0.5, 0.6) is 17.2 Å². The number of hydrogen-bond acceptors (Lipinski definition) is 4. The zero-order chi connectivity index (χ0) is 16.2. The van der Waals surface area contributed by atoms with Crippen molar-refractivity contribution in [3.8, 4) is 28.4 Å². The van der Waals surface area contributed by atoms with Crippen molar-refractivity contribution in [3.63, 3.8) is 0 Å². The van der Waals surface area contributed by atoms with Crippen LogP contribution in [0.2, 0.25) is 0 Å². The number of aryl methyl sites for hydroxylation is 1. The molecule has 1 N–H and O–H groups in total. The number of fused-ring (bicyclic) bond motifs is 1. The van der Waals surface area contributed by atoms with Gasteiger partial charge in [0.1, 0.15) is 23.4 Å². The number of para-hydroxylation sites is 1. The lowest BCUT2D eigenvalue weighted by molar-refractivity contribution is 0.174. The minimum atomic E-state index is 0. The lowest BCUT2D eigenvalue weighted by atomic mass is 9.95. The number of benzene rings is 2. The van der Waals surface area contributed by atoms with E-state index in [1.54, 1.807) is 14.2 Å². The Labute approximate surface area is 149 Å². The molecule has 0 fully saturated rings. The molecule has 1 heterocycles. The molecule has 0 aliphatic carbocycles. The van der Waals surface area contributed by atoms with Crippen molar-refractivity contribution in [1.29, 1.82) is 0 Å². The Bertz CT molecular complexity index is 690. The molecule has 0 saturated carbocycles. The highest BCUT2D eigenvalue weighted by Crippen LogP contribution is 2.42. The van der Waals surface area contributed by atoms with E-state index in [-0.39, 0.29) is 18.5 Å². The smallest absolute Gasteiger partial charge is 0.130 e. The summed E-state index contributed by atoms with van der Waals surface area (Å²) in [4.78, 5) is 0. The monoisotopic (exact) mass is 349 g/mol. The topological polar surface area (TPSA) is 39.7 Å². The zero-order valence-corrected chi connectivity index (χ0v) is 15.1. The molecule has 0 spiro atoms. The minimum absolute atomic E-state index is 0. The second kappa shape index (κ2) is 8.27. The van der Waals surface area contributed by atoms with E-state index < -0.39 is 0 Å². The Morgan fingerprint density at radius 1 is 1.12 bits per heavy atom. The van der Waals surface area contributed by atoms with Crippen LogP contribution in [0.4, 0.5) is 0 Å². The van der Waals surface area contributed by atoms with E-state index in [0.29, 0.717) is 0 Å². The van der Waals surface area contributed by atoms with Crippen LogP contribution in [0.1, 0.15) is 12.0 Å². The number of hydrogen-bond donors (Lipinski definition) is 1. The molecule has 1 aliphatic rings. The summed E-state index contributed by atoms with van der Waals surface area (Å²) in [6, 6.07) is 12.2. The van der Waals surface area contributed by atoms with E-state index in [1.807, 2.05) is 25.2 Å². The standard InChI is InChI=1S/C19H23NO3.ClH/c1-20-12-15-8-7-13-5-4-6-17(19(13)23-15)16-10-9-14(21-2)11-18(16)22-3;/h4-6,9-11,15,20H,7-8,12H2,1-3H3;1H/t15-;/m1./s1. The predicted molar refractivity (Wildman–Crippen MR) is 98.9 cm³/mol. The number of rotatable bonds is 5. The molecule has 0 radical (unpaired) electrons. The second-order valence-electron chi connectivity index (χ2n) is 5.70. The SMILES string of the molecule is CNC[C@H]1CCc2cccc(-c3ccc(OC)cc3OC)c2O1.Cl. The fraction of sp³-hybridized carbons (Fsp3) is 0.368. The van der Waals surface area contributed by atoms with Gasteiger partial charge in [-0.1, -0.05) is 18.2 Å². The van der Waals surface area contributed by atoms with Gasteiger partial charge in [-0.15, -0.1) is 12.4 Å². The first kappa shape index (κ1) is 18.4. The zero-order valence-electron chi connectivity index (χ0n) is 14.3. The maximum absolute atomic E-state index is 6.26. The van der Waals surface area contributed by atoms with E-state index in [0.717, 1.165) is 47.8 Å². The number of nitrogens with one attached hydrogen (secondary N) is 1. The van der Waals surface area contributed by atoms with E-state index in [9.17, 15) is 0 Å². The molecule has 0 unspecified atom stereocenters. The second-order valence-corrected chi connectivity index (χ2v) is 5.70. The van der Waals surface area contributed by atoms with Crippen LogP contribution >= 0.6 is 12.4 Å². The molecule has 2 aromatic rings. The van der Waals surface area contributed by atoms with Crippen LogP contribution in [0, 0.1) is 0 Å². The van der Waals surface area contributed by atoms with Crippen molar-refractivity contribution in [2.45, 2.75) is 18.9 Å². The van der Waals surface area contributed by atoms with Crippen LogP contribution in [0.15, 0.2) is 36.4 Å². The normalized spacial score (nSPS) is 15.7. The van der Waals surface area contributed by atoms with Gasteiger partial charge in [0.15, 0.2) is 0 Å². The van der Waals surface area contributed by atoms with Crippen molar-refractivity contribution >= 4 is 12.4 Å². The van der Waals surface area contributed by atoms with Gasteiger partial charge in [-0.05, 0) is 37.6 Å². The van der Waals surface area contributed by atoms with E-state index >= 15 is 0 Å². The molecule has 5 heteroatoms. The molecule has 24 heavy (non-hydrogen) atoms.